The van der Waals surface area contributed by atoms with Crippen LogP contribution in [-0.2, 0) is 0 Å². The minimum atomic E-state index is 0.0658. The van der Waals surface area contributed by atoms with Crippen molar-refractivity contribution in [3.8, 4) is 5.75 Å². The zero-order valence-electron chi connectivity index (χ0n) is 13.0. The topological polar surface area (TPSA) is 68.5 Å². The van der Waals surface area contributed by atoms with Crippen LogP contribution in [0.3, 0.4) is 0 Å². The third-order valence-corrected chi connectivity index (χ3v) is 4.08. The number of rotatable bonds is 4. The van der Waals surface area contributed by atoms with Crippen molar-refractivity contribution in [3.63, 3.8) is 0 Å². The van der Waals surface area contributed by atoms with Crippen molar-refractivity contribution < 1.29 is 9.53 Å². The summed E-state index contributed by atoms with van der Waals surface area (Å²) in [7, 11) is 0. The number of carbonyl (C=O) groups excluding carboxylic acids is 1. The molecular formula is C18H21N3O2. The Hall–Kier alpha value is -2.56. The van der Waals surface area contributed by atoms with E-state index >= 15 is 0 Å². The predicted molar refractivity (Wildman–Crippen MR) is 89.2 cm³/mol. The van der Waals surface area contributed by atoms with E-state index in [2.05, 4.69) is 4.98 Å². The van der Waals surface area contributed by atoms with Crippen molar-refractivity contribution in [1.29, 1.82) is 0 Å². The molecule has 2 heterocycles. The van der Waals surface area contributed by atoms with Crippen molar-refractivity contribution in [2.24, 2.45) is 5.92 Å². The van der Waals surface area contributed by atoms with Gasteiger partial charge in [-0.1, -0.05) is 0 Å². The van der Waals surface area contributed by atoms with Gasteiger partial charge in [0.05, 0.1) is 12.8 Å². The van der Waals surface area contributed by atoms with Crippen LogP contribution >= 0.6 is 0 Å². The monoisotopic (exact) mass is 311 g/mol. The van der Waals surface area contributed by atoms with Crippen LogP contribution in [0.5, 0.6) is 5.75 Å². The first-order chi connectivity index (χ1) is 11.2. The van der Waals surface area contributed by atoms with Crippen molar-refractivity contribution >= 4 is 11.6 Å². The van der Waals surface area contributed by atoms with Gasteiger partial charge in [-0.05, 0) is 49.2 Å². The predicted octanol–water partition coefficient (Wildman–Crippen LogP) is 2.60. The number of pyridine rings is 1. The van der Waals surface area contributed by atoms with Gasteiger partial charge in [-0.15, -0.1) is 0 Å². The number of carbonyl (C=O) groups is 1. The highest BCUT2D eigenvalue weighted by molar-refractivity contribution is 5.94. The third kappa shape index (κ3) is 4.00. The number of hydrogen-bond donors (Lipinski definition) is 1. The molecule has 120 valence electrons. The highest BCUT2D eigenvalue weighted by Gasteiger charge is 2.24. The van der Waals surface area contributed by atoms with Crippen LogP contribution in [0.4, 0.5) is 5.69 Å². The van der Waals surface area contributed by atoms with E-state index in [9.17, 15) is 4.79 Å². The number of benzene rings is 1. The SMILES string of the molecule is Nc1ccc(C(=O)N2CCCC(COc3cccnc3)C2)cc1. The van der Waals surface area contributed by atoms with Gasteiger partial charge in [-0.3, -0.25) is 9.78 Å². The maximum atomic E-state index is 12.6. The molecule has 1 atom stereocenters. The minimum absolute atomic E-state index is 0.0658. The van der Waals surface area contributed by atoms with E-state index in [-0.39, 0.29) is 5.91 Å². The molecule has 2 N–H and O–H groups in total. The molecule has 0 spiro atoms. The van der Waals surface area contributed by atoms with E-state index in [1.807, 2.05) is 17.0 Å². The number of amides is 1. The number of nitrogens with two attached hydrogens (primary N) is 1. The van der Waals surface area contributed by atoms with Crippen LogP contribution in [0, 0.1) is 5.92 Å². The molecule has 1 aliphatic rings. The van der Waals surface area contributed by atoms with Crippen molar-refractivity contribution in [2.75, 3.05) is 25.4 Å². The first-order valence-corrected chi connectivity index (χ1v) is 7.90. The van der Waals surface area contributed by atoms with Gasteiger partial charge >= 0.3 is 0 Å². The number of piperidine rings is 1. The number of ether oxygens (including phenoxy) is 1. The van der Waals surface area contributed by atoms with E-state index in [4.69, 9.17) is 10.5 Å². The molecule has 0 radical (unpaired) electrons. The molecular weight excluding hydrogens is 290 g/mol. The molecule has 0 saturated carbocycles. The molecule has 0 bridgehead atoms. The molecule has 1 aromatic carbocycles. The summed E-state index contributed by atoms with van der Waals surface area (Å²) in [6.45, 7) is 2.13. The van der Waals surface area contributed by atoms with Gasteiger partial charge in [-0.2, -0.15) is 0 Å². The Morgan fingerprint density at radius 3 is 2.87 bits per heavy atom. The fourth-order valence-corrected chi connectivity index (χ4v) is 2.84. The van der Waals surface area contributed by atoms with Gasteiger partial charge in [0, 0.05) is 36.5 Å². The van der Waals surface area contributed by atoms with Gasteiger partial charge in [-0.25, -0.2) is 0 Å². The molecule has 5 heteroatoms. The number of anilines is 1. The normalized spacial score (nSPS) is 17.7. The lowest BCUT2D eigenvalue weighted by molar-refractivity contribution is 0.0633. The summed E-state index contributed by atoms with van der Waals surface area (Å²) in [6, 6.07) is 10.8. The summed E-state index contributed by atoms with van der Waals surface area (Å²) in [6.07, 6.45) is 5.51. The van der Waals surface area contributed by atoms with E-state index in [1.54, 1.807) is 36.7 Å². The molecule has 5 nitrogen and oxygen atoms in total. The molecule has 2 aromatic rings. The van der Waals surface area contributed by atoms with Crippen LogP contribution in [0.1, 0.15) is 23.2 Å². The number of aromatic nitrogens is 1. The fourth-order valence-electron chi connectivity index (χ4n) is 2.84. The van der Waals surface area contributed by atoms with Gasteiger partial charge in [0.2, 0.25) is 0 Å². The summed E-state index contributed by atoms with van der Waals surface area (Å²) in [5, 5.41) is 0. The van der Waals surface area contributed by atoms with E-state index in [0.29, 0.717) is 23.8 Å². The van der Waals surface area contributed by atoms with Crippen LogP contribution in [0.2, 0.25) is 0 Å². The summed E-state index contributed by atoms with van der Waals surface area (Å²) >= 11 is 0. The Morgan fingerprint density at radius 1 is 1.30 bits per heavy atom. The molecule has 1 amide bonds. The molecule has 1 aliphatic heterocycles. The molecule has 1 fully saturated rings. The van der Waals surface area contributed by atoms with E-state index in [1.165, 1.54) is 0 Å². The molecule has 1 aromatic heterocycles. The van der Waals surface area contributed by atoms with E-state index < -0.39 is 0 Å². The lowest BCUT2D eigenvalue weighted by Crippen LogP contribution is -2.41. The Kier molecular flexibility index (Phi) is 4.76. The summed E-state index contributed by atoms with van der Waals surface area (Å²) in [4.78, 5) is 18.5. The summed E-state index contributed by atoms with van der Waals surface area (Å²) in [5.41, 5.74) is 7.03. The Balaban J connectivity index is 1.57. The van der Waals surface area contributed by atoms with Crippen molar-refractivity contribution in [2.45, 2.75) is 12.8 Å². The zero-order chi connectivity index (χ0) is 16.1. The summed E-state index contributed by atoms with van der Waals surface area (Å²) < 4.78 is 5.78. The van der Waals surface area contributed by atoms with Crippen LogP contribution in [-0.4, -0.2) is 35.5 Å². The maximum Gasteiger partial charge on any atom is 0.253 e. The first kappa shape index (κ1) is 15.3. The quantitative estimate of drug-likeness (QED) is 0.881. The average Bonchev–Trinajstić information content (AvgIpc) is 2.61. The standard InChI is InChI=1S/C18H21N3O2/c19-16-7-5-15(6-8-16)18(22)21-10-2-3-14(12-21)13-23-17-4-1-9-20-11-17/h1,4-9,11,14H,2-3,10,12-13,19H2. The number of hydrogen-bond acceptors (Lipinski definition) is 4. The minimum Gasteiger partial charge on any atom is -0.492 e. The summed E-state index contributed by atoms with van der Waals surface area (Å²) in [5.74, 6) is 1.19. The Morgan fingerprint density at radius 2 is 2.13 bits per heavy atom. The largest absolute Gasteiger partial charge is 0.492 e. The molecule has 1 saturated heterocycles. The van der Waals surface area contributed by atoms with Crippen LogP contribution < -0.4 is 10.5 Å². The third-order valence-electron chi connectivity index (χ3n) is 4.08. The van der Waals surface area contributed by atoms with Crippen molar-refractivity contribution in [3.05, 3.63) is 54.4 Å². The second-order valence-electron chi connectivity index (χ2n) is 5.88. The van der Waals surface area contributed by atoms with Crippen molar-refractivity contribution in [1.82, 2.24) is 9.88 Å². The van der Waals surface area contributed by atoms with Gasteiger partial charge in [0.1, 0.15) is 5.75 Å². The maximum absolute atomic E-state index is 12.6. The van der Waals surface area contributed by atoms with Crippen LogP contribution in [0.15, 0.2) is 48.8 Å². The second kappa shape index (κ2) is 7.13. The number of nitrogen functional groups attached to an aromatic ring is 1. The lowest BCUT2D eigenvalue weighted by Gasteiger charge is -2.32. The van der Waals surface area contributed by atoms with Crippen LogP contribution in [0.25, 0.3) is 0 Å². The highest BCUT2D eigenvalue weighted by atomic mass is 16.5. The fraction of sp³-hybridized carbons (Fsp3) is 0.333. The Labute approximate surface area is 136 Å². The van der Waals surface area contributed by atoms with E-state index in [0.717, 1.165) is 31.7 Å². The number of likely N-dealkylation sites (tertiary alicyclic amines) is 1. The van der Waals surface area contributed by atoms with Gasteiger partial charge in [0.25, 0.3) is 5.91 Å². The highest BCUT2D eigenvalue weighted by Crippen LogP contribution is 2.20. The second-order valence-corrected chi connectivity index (χ2v) is 5.88. The number of nitrogens with zero attached hydrogens (tertiary/aromatic N) is 2. The van der Waals surface area contributed by atoms with Gasteiger partial charge < -0.3 is 15.4 Å². The molecule has 1 unspecified atom stereocenters. The lowest BCUT2D eigenvalue weighted by atomic mass is 9.98. The molecule has 23 heavy (non-hydrogen) atoms. The Bertz CT molecular complexity index is 643. The van der Waals surface area contributed by atoms with Gasteiger partial charge in [0.15, 0.2) is 0 Å². The molecule has 0 aliphatic carbocycles. The average molecular weight is 311 g/mol. The smallest absolute Gasteiger partial charge is 0.253 e. The zero-order valence-corrected chi connectivity index (χ0v) is 13.0. The first-order valence-electron chi connectivity index (χ1n) is 7.90. The molecule has 3 rings (SSSR count).